The molecule has 0 aliphatic carbocycles. The fraction of sp³-hybridized carbons (Fsp3) is 0.0357. The minimum Gasteiger partial charge on any atom is -0.276 e. The Labute approximate surface area is 352 Å². The summed E-state index contributed by atoms with van der Waals surface area (Å²) in [4.78, 5) is 20.5. The molecule has 0 N–H and O–H groups in total. The van der Waals surface area contributed by atoms with E-state index in [1.807, 2.05) is 18.2 Å². The summed E-state index contributed by atoms with van der Waals surface area (Å²) in [7, 11) is 0. The van der Waals surface area contributed by atoms with Crippen LogP contribution in [0.3, 0.4) is 0 Å². The van der Waals surface area contributed by atoms with Crippen molar-refractivity contribution >= 4 is 71.9 Å². The summed E-state index contributed by atoms with van der Waals surface area (Å²) in [6, 6.07) is 68.7. The van der Waals surface area contributed by atoms with Gasteiger partial charge in [0.25, 0.3) is 0 Å². The molecule has 1 aliphatic heterocycles. The molecule has 0 unspecified atom stereocenters. The predicted octanol–water partition coefficient (Wildman–Crippen LogP) is 14.2. The summed E-state index contributed by atoms with van der Waals surface area (Å²) in [5.41, 5.74) is 17.0. The number of rotatable bonds is 6. The van der Waals surface area contributed by atoms with Crippen molar-refractivity contribution in [1.29, 1.82) is 0 Å². The van der Waals surface area contributed by atoms with Gasteiger partial charge in [-0.3, -0.25) is 14.4 Å². The van der Waals surface area contributed by atoms with Crippen molar-refractivity contribution < 1.29 is 0 Å². The van der Waals surface area contributed by atoms with Gasteiger partial charge in [-0.1, -0.05) is 152 Å². The van der Waals surface area contributed by atoms with Gasteiger partial charge in [-0.2, -0.15) is 0 Å². The zero-order chi connectivity index (χ0) is 40.4. The Morgan fingerprint density at radius 2 is 1.11 bits per heavy atom. The van der Waals surface area contributed by atoms with Crippen molar-refractivity contribution in [2.24, 2.45) is 9.98 Å². The zero-order valence-electron chi connectivity index (χ0n) is 33.4. The van der Waals surface area contributed by atoms with E-state index in [1.165, 1.54) is 38.2 Å². The Balaban J connectivity index is 0.964. The quantitative estimate of drug-likeness (QED) is 0.125. The molecular weight excluding hydrogens is 743 g/mol. The molecule has 0 saturated carbocycles. The second-order valence-corrected chi connectivity index (χ2v) is 15.8. The Bertz CT molecular complexity index is 3570. The Morgan fingerprint density at radius 3 is 1.87 bits per heavy atom. The molecule has 12 rings (SSSR count). The van der Waals surface area contributed by atoms with Crippen LogP contribution in [-0.4, -0.2) is 25.8 Å². The highest BCUT2D eigenvalue weighted by molar-refractivity contribution is 6.21. The van der Waals surface area contributed by atoms with Crippen LogP contribution in [0.4, 0.5) is 11.4 Å². The van der Waals surface area contributed by atoms with E-state index in [-0.39, 0.29) is 0 Å². The van der Waals surface area contributed by atoms with Crippen LogP contribution in [0, 0.1) is 0 Å². The average Bonchev–Trinajstić information content (AvgIpc) is 3.93. The van der Waals surface area contributed by atoms with Gasteiger partial charge in [-0.15, -0.1) is 0 Å². The molecule has 0 radical (unpaired) electrons. The van der Waals surface area contributed by atoms with E-state index in [2.05, 4.69) is 187 Å². The second kappa shape index (κ2) is 14.1. The molecule has 1 aliphatic rings. The number of benzene rings is 9. The first-order chi connectivity index (χ1) is 30.2. The molecule has 0 amide bonds. The molecular formula is C56H37N5. The van der Waals surface area contributed by atoms with Crippen LogP contribution in [0.15, 0.2) is 204 Å². The molecule has 0 bridgehead atoms. The number of hydrogen-bond donors (Lipinski definition) is 0. The van der Waals surface area contributed by atoms with Crippen LogP contribution in [0.5, 0.6) is 0 Å². The summed E-state index contributed by atoms with van der Waals surface area (Å²) in [6.45, 7) is 2.10. The van der Waals surface area contributed by atoms with E-state index in [0.29, 0.717) is 0 Å². The van der Waals surface area contributed by atoms with Crippen LogP contribution < -0.4 is 0 Å². The molecule has 0 saturated heterocycles. The smallest absolute Gasteiger partial charge is 0.149 e. The summed E-state index contributed by atoms with van der Waals surface area (Å²) in [6.07, 6.45) is 0.816. The monoisotopic (exact) mass is 779 g/mol. The van der Waals surface area contributed by atoms with Gasteiger partial charge >= 0.3 is 0 Å². The maximum atomic E-state index is 5.29. The fourth-order valence-electron chi connectivity index (χ4n) is 9.33. The summed E-state index contributed by atoms with van der Waals surface area (Å²) >= 11 is 0. The summed E-state index contributed by atoms with van der Waals surface area (Å²) in [5.74, 6) is 0.870. The van der Waals surface area contributed by atoms with Gasteiger partial charge in [-0.25, -0.2) is 9.97 Å². The number of aliphatic imine (C=N–C) groups is 2. The minimum absolute atomic E-state index is 0.816. The number of nitrogens with zero attached hydrogens (tertiary/aromatic N) is 5. The van der Waals surface area contributed by atoms with Gasteiger partial charge in [0.2, 0.25) is 0 Å². The first kappa shape index (κ1) is 35.0. The van der Waals surface area contributed by atoms with Crippen molar-refractivity contribution in [3.05, 3.63) is 211 Å². The normalized spacial score (nSPS) is 12.8. The van der Waals surface area contributed by atoms with Crippen molar-refractivity contribution in [1.82, 2.24) is 14.4 Å². The maximum Gasteiger partial charge on any atom is 0.149 e. The van der Waals surface area contributed by atoms with E-state index in [4.69, 9.17) is 20.0 Å². The van der Waals surface area contributed by atoms with E-state index in [9.17, 15) is 0 Å². The lowest BCUT2D eigenvalue weighted by Crippen LogP contribution is -2.02. The topological polar surface area (TPSA) is 54.9 Å². The molecule has 9 aromatic carbocycles. The van der Waals surface area contributed by atoms with Crippen molar-refractivity contribution in [3.8, 4) is 33.6 Å². The van der Waals surface area contributed by atoms with Crippen molar-refractivity contribution in [2.75, 3.05) is 0 Å². The third-order valence-electron chi connectivity index (χ3n) is 12.2. The number of para-hydroxylation sites is 5. The Kier molecular flexibility index (Phi) is 8.07. The summed E-state index contributed by atoms with van der Waals surface area (Å²) < 4.78 is 2.22. The van der Waals surface area contributed by atoms with Crippen LogP contribution >= 0.6 is 0 Å². The van der Waals surface area contributed by atoms with Gasteiger partial charge in [0, 0.05) is 28.6 Å². The third-order valence-corrected chi connectivity index (χ3v) is 12.2. The first-order valence-corrected chi connectivity index (χ1v) is 20.8. The number of imidazole rings is 1. The Hall–Kier alpha value is -8.02. The molecule has 11 aromatic rings. The highest BCUT2D eigenvalue weighted by atomic mass is 15.1. The standard InChI is InChI=1S/C56H37N5/c1-35(57-48-25-10-7-22-45(48)51-34-38-15-2-9-24-47(38)58-51)36-29-31-37(32-30-36)53-41-18-3-5-20-43(41)54(44-21-6-4-19-42(44)53)39-16-14-17-40(33-39)55-59-49-26-11-8-23-46(49)56-60-50-27-12-13-28-52(50)61(55)56/h2-33H,34H2,1H3. The van der Waals surface area contributed by atoms with Gasteiger partial charge in [0.05, 0.1) is 33.6 Å². The Morgan fingerprint density at radius 1 is 0.508 bits per heavy atom. The number of aromatic nitrogens is 3. The molecule has 5 nitrogen and oxygen atoms in total. The van der Waals surface area contributed by atoms with Crippen LogP contribution in [0.2, 0.25) is 0 Å². The molecule has 0 atom stereocenters. The van der Waals surface area contributed by atoms with E-state index in [1.54, 1.807) is 0 Å². The van der Waals surface area contributed by atoms with Gasteiger partial charge in [-0.05, 0) is 104 Å². The highest BCUT2D eigenvalue weighted by Crippen LogP contribution is 2.44. The molecule has 3 heterocycles. The lowest BCUT2D eigenvalue weighted by atomic mass is 9.85. The number of fused-ring (bicyclic) bond motifs is 8. The first-order valence-electron chi connectivity index (χ1n) is 20.8. The second-order valence-electron chi connectivity index (χ2n) is 15.8. The lowest BCUT2D eigenvalue weighted by Gasteiger charge is -2.18. The van der Waals surface area contributed by atoms with Crippen molar-refractivity contribution in [3.63, 3.8) is 0 Å². The summed E-state index contributed by atoms with van der Waals surface area (Å²) in [5, 5.41) is 5.85. The van der Waals surface area contributed by atoms with Crippen LogP contribution in [-0.2, 0) is 6.42 Å². The minimum atomic E-state index is 0.816. The molecule has 61 heavy (non-hydrogen) atoms. The highest BCUT2D eigenvalue weighted by Gasteiger charge is 2.21. The average molecular weight is 780 g/mol. The molecule has 0 fully saturated rings. The molecule has 2 aromatic heterocycles. The van der Waals surface area contributed by atoms with Gasteiger partial charge < -0.3 is 0 Å². The zero-order valence-corrected chi connectivity index (χ0v) is 33.4. The fourth-order valence-corrected chi connectivity index (χ4v) is 9.33. The van der Waals surface area contributed by atoms with Crippen molar-refractivity contribution in [2.45, 2.75) is 13.3 Å². The maximum absolute atomic E-state index is 5.29. The van der Waals surface area contributed by atoms with E-state index < -0.39 is 0 Å². The van der Waals surface area contributed by atoms with Gasteiger partial charge in [0.1, 0.15) is 11.5 Å². The van der Waals surface area contributed by atoms with Gasteiger partial charge in [0.15, 0.2) is 0 Å². The van der Waals surface area contributed by atoms with E-state index in [0.717, 1.165) is 90.4 Å². The molecule has 0 spiro atoms. The lowest BCUT2D eigenvalue weighted by molar-refractivity contribution is 1.16. The van der Waals surface area contributed by atoms with Crippen LogP contribution in [0.25, 0.3) is 82.8 Å². The van der Waals surface area contributed by atoms with E-state index >= 15 is 0 Å². The molecule has 5 heteroatoms. The predicted molar refractivity (Wildman–Crippen MR) is 254 cm³/mol. The largest absolute Gasteiger partial charge is 0.276 e. The van der Waals surface area contributed by atoms with Crippen LogP contribution in [0.1, 0.15) is 23.6 Å². The number of hydrogen-bond acceptors (Lipinski definition) is 4. The third kappa shape index (κ3) is 5.77. The molecule has 286 valence electrons. The SMILES string of the molecule is CC(=Nc1ccccc1C1=Nc2ccccc2C1)c1ccc(-c2c3ccccc3c(-c3cccc(-c4nc5ccccc5c5nc6ccccc6n45)c3)c3ccccc23)cc1.